The van der Waals surface area contributed by atoms with Crippen LogP contribution in [0.15, 0.2) is 0 Å². The molecule has 1 unspecified atom stereocenters. The molecule has 0 aliphatic carbocycles. The Kier molecular flexibility index (Phi) is 4.14. The topological polar surface area (TPSA) is 43.8 Å². The van der Waals surface area contributed by atoms with E-state index in [1.54, 1.807) is 0 Å². The molecule has 1 heterocycles. The molecule has 0 aliphatic rings. The third-order valence-electron chi connectivity index (χ3n) is 3.75. The normalized spacial score (nSPS) is 14.6. The molecule has 18 heavy (non-hydrogen) atoms. The van der Waals surface area contributed by atoms with Gasteiger partial charge in [-0.25, -0.2) is 4.98 Å². The number of imidazole rings is 1. The molecule has 0 saturated carbocycles. The monoisotopic (exact) mass is 251 g/mol. The van der Waals surface area contributed by atoms with Crippen LogP contribution in [0.4, 0.5) is 5.82 Å². The molecule has 0 bridgehead atoms. The second-order valence-electron chi connectivity index (χ2n) is 6.95. The molecule has 104 valence electrons. The Morgan fingerprint density at radius 1 is 1.06 bits per heavy atom. The first-order chi connectivity index (χ1) is 8.07. The summed E-state index contributed by atoms with van der Waals surface area (Å²) in [6.07, 6.45) is 0. The lowest BCUT2D eigenvalue weighted by molar-refractivity contribution is 0.335. The zero-order valence-electron chi connectivity index (χ0n) is 13.2. The van der Waals surface area contributed by atoms with Crippen LogP contribution in [0, 0.1) is 5.41 Å². The second kappa shape index (κ2) is 4.94. The van der Waals surface area contributed by atoms with Gasteiger partial charge in [-0.3, -0.25) is 0 Å². The van der Waals surface area contributed by atoms with Crippen LogP contribution >= 0.6 is 0 Å². The minimum Gasteiger partial charge on any atom is -0.384 e. The van der Waals surface area contributed by atoms with E-state index in [4.69, 9.17) is 10.7 Å². The van der Waals surface area contributed by atoms with Gasteiger partial charge in [0.05, 0.1) is 5.69 Å². The van der Waals surface area contributed by atoms with Gasteiger partial charge in [0.2, 0.25) is 0 Å². The van der Waals surface area contributed by atoms with Gasteiger partial charge in [-0.05, 0) is 19.3 Å². The third-order valence-corrected chi connectivity index (χ3v) is 3.75. The van der Waals surface area contributed by atoms with Gasteiger partial charge in [-0.1, -0.05) is 41.5 Å². The number of rotatable bonds is 3. The van der Waals surface area contributed by atoms with Crippen molar-refractivity contribution in [3.63, 3.8) is 0 Å². The maximum absolute atomic E-state index is 6.34. The van der Waals surface area contributed by atoms with Crippen molar-refractivity contribution in [2.45, 2.75) is 73.3 Å². The molecule has 1 aromatic rings. The molecule has 0 radical (unpaired) electrons. The minimum absolute atomic E-state index is 0.179. The summed E-state index contributed by atoms with van der Waals surface area (Å²) in [5, 5.41) is 0. The van der Waals surface area contributed by atoms with E-state index in [1.165, 1.54) is 0 Å². The van der Waals surface area contributed by atoms with E-state index >= 15 is 0 Å². The lowest BCUT2D eigenvalue weighted by Crippen LogP contribution is -2.17. The lowest BCUT2D eigenvalue weighted by atomic mass is 9.80. The van der Waals surface area contributed by atoms with Crippen LogP contribution in [-0.4, -0.2) is 9.55 Å². The Labute approximate surface area is 112 Å². The Morgan fingerprint density at radius 2 is 1.56 bits per heavy atom. The molecule has 0 saturated heterocycles. The highest BCUT2D eigenvalue weighted by Crippen LogP contribution is 2.38. The quantitative estimate of drug-likeness (QED) is 0.869. The van der Waals surface area contributed by atoms with Crippen LogP contribution in [0.3, 0.4) is 0 Å². The zero-order chi connectivity index (χ0) is 14.2. The Balaban J connectivity index is 3.36. The Hall–Kier alpha value is -0.990. The van der Waals surface area contributed by atoms with Gasteiger partial charge in [0.1, 0.15) is 11.6 Å². The molecule has 0 aliphatic heterocycles. The summed E-state index contributed by atoms with van der Waals surface area (Å²) in [5.41, 5.74) is 7.58. The van der Waals surface area contributed by atoms with Crippen LogP contribution in [-0.2, 0) is 0 Å². The smallest absolute Gasteiger partial charge is 0.127 e. The van der Waals surface area contributed by atoms with E-state index in [9.17, 15) is 0 Å². The fourth-order valence-electron chi connectivity index (χ4n) is 2.16. The Morgan fingerprint density at radius 3 is 1.83 bits per heavy atom. The zero-order valence-corrected chi connectivity index (χ0v) is 13.2. The first-order valence-electron chi connectivity index (χ1n) is 6.94. The summed E-state index contributed by atoms with van der Waals surface area (Å²) in [5.74, 6) is 2.70. The Bertz CT molecular complexity index is 408. The van der Waals surface area contributed by atoms with Crippen LogP contribution in [0.1, 0.15) is 84.8 Å². The summed E-state index contributed by atoms with van der Waals surface area (Å²) in [6.45, 7) is 17.6. The first-order valence-corrected chi connectivity index (χ1v) is 6.94. The minimum atomic E-state index is 0.179. The molecule has 0 spiro atoms. The van der Waals surface area contributed by atoms with Crippen molar-refractivity contribution in [2.75, 3.05) is 5.73 Å². The summed E-state index contributed by atoms with van der Waals surface area (Å²) >= 11 is 0. The number of nitrogens with zero attached hydrogens (tertiary/aromatic N) is 2. The van der Waals surface area contributed by atoms with Gasteiger partial charge >= 0.3 is 0 Å². The van der Waals surface area contributed by atoms with Crippen molar-refractivity contribution < 1.29 is 0 Å². The van der Waals surface area contributed by atoms with Gasteiger partial charge in [-0.2, -0.15) is 0 Å². The number of nitrogens with two attached hydrogens (primary N) is 1. The molecule has 2 N–H and O–H groups in total. The van der Waals surface area contributed by atoms with E-state index in [0.29, 0.717) is 17.9 Å². The average Bonchev–Trinajstić information content (AvgIpc) is 2.53. The van der Waals surface area contributed by atoms with Crippen LogP contribution in [0.2, 0.25) is 0 Å². The molecule has 3 nitrogen and oxygen atoms in total. The van der Waals surface area contributed by atoms with Crippen molar-refractivity contribution in [3.05, 3.63) is 11.5 Å². The van der Waals surface area contributed by atoms with E-state index in [1.807, 2.05) is 0 Å². The maximum Gasteiger partial charge on any atom is 0.127 e. The van der Waals surface area contributed by atoms with Crippen molar-refractivity contribution in [2.24, 2.45) is 5.41 Å². The molecule has 1 aromatic heterocycles. The summed E-state index contributed by atoms with van der Waals surface area (Å²) in [7, 11) is 0. The number of hydrogen-bond donors (Lipinski definition) is 1. The van der Waals surface area contributed by atoms with Crippen LogP contribution in [0.25, 0.3) is 0 Å². The fraction of sp³-hybridized carbons (Fsp3) is 0.800. The molecule has 3 heteroatoms. The molecule has 1 rings (SSSR count). The highest BCUT2D eigenvalue weighted by molar-refractivity contribution is 5.42. The summed E-state index contributed by atoms with van der Waals surface area (Å²) in [6, 6.07) is 0.357. The first kappa shape index (κ1) is 15.1. The highest BCUT2D eigenvalue weighted by Gasteiger charge is 2.29. The standard InChI is InChI=1S/C15H29N3/c1-9(2)14-17-12(11(5)15(6,7)8)13(16)18(14)10(3)4/h9-11H,16H2,1-8H3. The van der Waals surface area contributed by atoms with Gasteiger partial charge in [0.15, 0.2) is 0 Å². The SMILES string of the molecule is CC(C)c1nc(C(C)C(C)(C)C)c(N)n1C(C)C. The number of anilines is 1. The van der Waals surface area contributed by atoms with E-state index in [2.05, 4.69) is 60.0 Å². The molecular weight excluding hydrogens is 222 g/mol. The number of hydrogen-bond acceptors (Lipinski definition) is 2. The predicted molar refractivity (Wildman–Crippen MR) is 79.0 cm³/mol. The summed E-state index contributed by atoms with van der Waals surface area (Å²) in [4.78, 5) is 4.83. The third kappa shape index (κ3) is 2.70. The van der Waals surface area contributed by atoms with Gasteiger partial charge < -0.3 is 10.3 Å². The van der Waals surface area contributed by atoms with E-state index in [-0.39, 0.29) is 5.41 Å². The molecule has 0 aromatic carbocycles. The van der Waals surface area contributed by atoms with Crippen molar-refractivity contribution in [3.8, 4) is 0 Å². The molecule has 0 fully saturated rings. The van der Waals surface area contributed by atoms with Crippen LogP contribution < -0.4 is 5.73 Å². The van der Waals surface area contributed by atoms with Crippen molar-refractivity contribution >= 4 is 5.82 Å². The molecule has 0 amide bonds. The molecule has 1 atom stereocenters. The highest BCUT2D eigenvalue weighted by atomic mass is 15.2. The van der Waals surface area contributed by atoms with Crippen molar-refractivity contribution in [1.29, 1.82) is 0 Å². The van der Waals surface area contributed by atoms with Gasteiger partial charge in [0.25, 0.3) is 0 Å². The average molecular weight is 251 g/mol. The maximum atomic E-state index is 6.34. The lowest BCUT2D eigenvalue weighted by Gasteiger charge is -2.26. The van der Waals surface area contributed by atoms with E-state index < -0.39 is 0 Å². The predicted octanol–water partition coefficient (Wildman–Crippen LogP) is 4.32. The van der Waals surface area contributed by atoms with E-state index in [0.717, 1.165) is 17.3 Å². The second-order valence-corrected chi connectivity index (χ2v) is 6.95. The van der Waals surface area contributed by atoms with Gasteiger partial charge in [0, 0.05) is 17.9 Å². The number of nitrogen functional groups attached to an aromatic ring is 1. The van der Waals surface area contributed by atoms with Crippen molar-refractivity contribution in [1.82, 2.24) is 9.55 Å². The van der Waals surface area contributed by atoms with Gasteiger partial charge in [-0.15, -0.1) is 0 Å². The summed E-state index contributed by atoms with van der Waals surface area (Å²) < 4.78 is 2.18. The van der Waals surface area contributed by atoms with Crippen LogP contribution in [0.5, 0.6) is 0 Å². The number of aromatic nitrogens is 2. The molecular formula is C15H29N3. The fourth-order valence-corrected chi connectivity index (χ4v) is 2.16. The largest absolute Gasteiger partial charge is 0.384 e.